The van der Waals surface area contributed by atoms with E-state index in [1.165, 1.54) is 0 Å². The van der Waals surface area contributed by atoms with E-state index < -0.39 is 0 Å². The number of fused-ring (bicyclic) bond motifs is 3. The van der Waals surface area contributed by atoms with Gasteiger partial charge in [0.2, 0.25) is 0 Å². The minimum Gasteiger partial charge on any atom is -0.452 e. The number of benzene rings is 5. The van der Waals surface area contributed by atoms with Crippen molar-refractivity contribution in [1.82, 2.24) is 15.0 Å². The maximum atomic E-state index is 6.30. The molecule has 0 saturated carbocycles. The molecule has 0 saturated heterocycles. The highest BCUT2D eigenvalue weighted by atomic mass is 16.3. The van der Waals surface area contributed by atoms with Crippen LogP contribution in [0.4, 0.5) is 5.69 Å². The molecule has 1 aliphatic heterocycles. The second kappa shape index (κ2) is 10.5. The summed E-state index contributed by atoms with van der Waals surface area (Å²) in [6.07, 6.45) is -0.295. The molecule has 6 nitrogen and oxygen atoms in total. The smallest absolute Gasteiger partial charge is 0.177 e. The molecule has 0 amide bonds. The van der Waals surface area contributed by atoms with Gasteiger partial charge >= 0.3 is 0 Å². The Morgan fingerprint density at radius 1 is 0.488 bits per heavy atom. The van der Waals surface area contributed by atoms with E-state index >= 15 is 0 Å². The van der Waals surface area contributed by atoms with Crippen molar-refractivity contribution in [2.45, 2.75) is 6.17 Å². The summed E-state index contributed by atoms with van der Waals surface area (Å²) in [5, 5.41) is 4.67. The minimum atomic E-state index is -0.295. The molecule has 1 atom stereocenters. The van der Waals surface area contributed by atoms with Crippen LogP contribution in [0, 0.1) is 0 Å². The van der Waals surface area contributed by atoms with Gasteiger partial charge in [-0.3, -0.25) is 4.99 Å². The zero-order chi connectivity index (χ0) is 28.6. The number of rotatable bonds is 5. The Bertz CT molecular complexity index is 2030. The highest BCUT2D eigenvalue weighted by Gasteiger charge is 2.28. The lowest BCUT2D eigenvalue weighted by Gasteiger charge is -2.23. The summed E-state index contributed by atoms with van der Waals surface area (Å²) in [4.78, 5) is 19.7. The van der Waals surface area contributed by atoms with Gasteiger partial charge in [-0.1, -0.05) is 127 Å². The number of anilines is 1. The third kappa shape index (κ3) is 4.65. The fourth-order valence-electron chi connectivity index (χ4n) is 5.42. The molecule has 3 heterocycles. The van der Waals surface area contributed by atoms with Crippen molar-refractivity contribution >= 4 is 22.4 Å². The maximum Gasteiger partial charge on any atom is 0.177 e. The molecule has 1 N–H and O–H groups in total. The van der Waals surface area contributed by atoms with E-state index in [9.17, 15) is 0 Å². The second-order valence-electron chi connectivity index (χ2n) is 10.4. The Balaban J connectivity index is 1.20. The Morgan fingerprint density at radius 3 is 1.56 bits per heavy atom. The number of nitrogens with one attached hydrogen (secondary N) is 1. The van der Waals surface area contributed by atoms with Crippen molar-refractivity contribution in [2.75, 3.05) is 5.32 Å². The van der Waals surface area contributed by atoms with Crippen molar-refractivity contribution in [3.05, 3.63) is 156 Å². The van der Waals surface area contributed by atoms with Crippen LogP contribution in [0.25, 0.3) is 45.1 Å². The number of hydrogen-bond acceptors (Lipinski definition) is 6. The average Bonchev–Trinajstić information content (AvgIpc) is 3.48. The number of furan rings is 1. The van der Waals surface area contributed by atoms with Crippen molar-refractivity contribution in [3.8, 4) is 34.2 Å². The molecule has 6 heteroatoms. The lowest BCUT2D eigenvalue weighted by Crippen LogP contribution is -2.19. The standard InChI is InChI=1S/C37H25N5O/c1-4-12-24(13-5-1)31-33-32(29-18-10-11-19-30(29)43-33)39-34(38-31)27-20-22-28(23-21-27)37-41-35(25-14-6-2-7-15-25)40-36(42-37)26-16-8-3-9-17-26/h1-23,34,39H. The first-order chi connectivity index (χ1) is 21.3. The summed E-state index contributed by atoms with van der Waals surface area (Å²) in [5.41, 5.74) is 7.44. The van der Waals surface area contributed by atoms with E-state index in [1.54, 1.807) is 0 Å². The fraction of sp³-hybridized carbons (Fsp3) is 0.0270. The fourth-order valence-corrected chi connectivity index (χ4v) is 5.42. The first-order valence-electron chi connectivity index (χ1n) is 14.2. The maximum absolute atomic E-state index is 6.30. The summed E-state index contributed by atoms with van der Waals surface area (Å²) in [6, 6.07) is 46.5. The Morgan fingerprint density at radius 2 is 0.977 bits per heavy atom. The van der Waals surface area contributed by atoms with Crippen molar-refractivity contribution in [3.63, 3.8) is 0 Å². The van der Waals surface area contributed by atoms with Crippen molar-refractivity contribution in [2.24, 2.45) is 4.99 Å². The van der Waals surface area contributed by atoms with Gasteiger partial charge < -0.3 is 9.73 Å². The first kappa shape index (κ1) is 24.9. The largest absolute Gasteiger partial charge is 0.452 e. The van der Waals surface area contributed by atoms with Gasteiger partial charge in [-0.15, -0.1) is 0 Å². The Labute approximate surface area is 248 Å². The van der Waals surface area contributed by atoms with Crippen LogP contribution < -0.4 is 5.32 Å². The van der Waals surface area contributed by atoms with Crippen LogP contribution in [0.3, 0.4) is 0 Å². The quantitative estimate of drug-likeness (QED) is 0.230. The summed E-state index contributed by atoms with van der Waals surface area (Å²) in [6.45, 7) is 0. The highest BCUT2D eigenvalue weighted by Crippen LogP contribution is 2.39. The predicted octanol–water partition coefficient (Wildman–Crippen LogP) is 8.58. The molecule has 0 fully saturated rings. The second-order valence-corrected chi connectivity index (χ2v) is 10.4. The first-order valence-corrected chi connectivity index (χ1v) is 14.2. The zero-order valence-electron chi connectivity index (χ0n) is 23.1. The van der Waals surface area contributed by atoms with E-state index in [0.717, 1.165) is 55.9 Å². The van der Waals surface area contributed by atoms with Crippen LogP contribution in [0.1, 0.15) is 23.1 Å². The molecule has 0 bridgehead atoms. The molecule has 1 unspecified atom stereocenters. The summed E-state index contributed by atoms with van der Waals surface area (Å²) in [5.74, 6) is 2.65. The van der Waals surface area contributed by atoms with Gasteiger partial charge in [0, 0.05) is 27.6 Å². The number of aliphatic imine (C=N–C) groups is 1. The van der Waals surface area contributed by atoms with Crippen LogP contribution in [0.15, 0.2) is 149 Å². The van der Waals surface area contributed by atoms with Gasteiger partial charge in [-0.05, 0) is 17.7 Å². The van der Waals surface area contributed by atoms with E-state index in [1.807, 2.05) is 97.1 Å². The zero-order valence-corrected chi connectivity index (χ0v) is 23.1. The monoisotopic (exact) mass is 555 g/mol. The van der Waals surface area contributed by atoms with Crippen molar-refractivity contribution < 1.29 is 4.42 Å². The SMILES string of the molecule is c1ccc(C2=NC(c3ccc(-c4nc(-c5ccccc5)nc(-c5ccccc5)n4)cc3)Nc3c2oc2ccccc32)cc1. The molecule has 8 rings (SSSR count). The molecule has 7 aromatic rings. The molecule has 5 aromatic carbocycles. The van der Waals surface area contributed by atoms with Crippen LogP contribution in [-0.2, 0) is 0 Å². The molecule has 1 aliphatic rings. The van der Waals surface area contributed by atoms with Gasteiger partial charge in [0.1, 0.15) is 17.5 Å². The van der Waals surface area contributed by atoms with Gasteiger partial charge in [-0.25, -0.2) is 15.0 Å². The minimum absolute atomic E-state index is 0.295. The van der Waals surface area contributed by atoms with E-state index in [2.05, 4.69) is 47.8 Å². The van der Waals surface area contributed by atoms with E-state index in [4.69, 9.17) is 24.4 Å². The normalized spacial score (nSPS) is 14.1. The summed E-state index contributed by atoms with van der Waals surface area (Å²) < 4.78 is 6.30. The van der Waals surface area contributed by atoms with Gasteiger partial charge in [0.15, 0.2) is 23.2 Å². The molecular weight excluding hydrogens is 530 g/mol. The van der Waals surface area contributed by atoms with Gasteiger partial charge in [-0.2, -0.15) is 0 Å². The van der Waals surface area contributed by atoms with Crippen LogP contribution in [0.2, 0.25) is 0 Å². The van der Waals surface area contributed by atoms with Gasteiger partial charge in [0.25, 0.3) is 0 Å². The average molecular weight is 556 g/mol. The molecule has 0 radical (unpaired) electrons. The highest BCUT2D eigenvalue weighted by molar-refractivity contribution is 6.18. The molecular formula is C37H25N5O. The van der Waals surface area contributed by atoms with Crippen molar-refractivity contribution in [1.29, 1.82) is 0 Å². The Hall–Kier alpha value is -5.88. The van der Waals surface area contributed by atoms with E-state index in [0.29, 0.717) is 17.5 Å². The number of para-hydroxylation sites is 1. The lowest BCUT2D eigenvalue weighted by molar-refractivity contribution is 0.599. The molecule has 2 aromatic heterocycles. The number of aromatic nitrogens is 3. The topological polar surface area (TPSA) is 76.2 Å². The molecule has 0 spiro atoms. The summed E-state index contributed by atoms with van der Waals surface area (Å²) >= 11 is 0. The molecule has 204 valence electrons. The van der Waals surface area contributed by atoms with Crippen LogP contribution in [0.5, 0.6) is 0 Å². The predicted molar refractivity (Wildman–Crippen MR) is 171 cm³/mol. The van der Waals surface area contributed by atoms with E-state index in [-0.39, 0.29) is 6.17 Å². The third-order valence-electron chi connectivity index (χ3n) is 7.58. The van der Waals surface area contributed by atoms with Crippen LogP contribution in [-0.4, -0.2) is 20.7 Å². The van der Waals surface area contributed by atoms with Gasteiger partial charge in [0.05, 0.1) is 5.69 Å². The summed E-state index contributed by atoms with van der Waals surface area (Å²) in [7, 11) is 0. The molecule has 43 heavy (non-hydrogen) atoms. The lowest BCUT2D eigenvalue weighted by atomic mass is 10.0. The Kier molecular flexibility index (Phi) is 6.08. The number of nitrogens with zero attached hydrogens (tertiary/aromatic N) is 4. The molecule has 0 aliphatic carbocycles. The van der Waals surface area contributed by atoms with Crippen LogP contribution >= 0.6 is 0 Å². The third-order valence-corrected chi connectivity index (χ3v) is 7.58. The number of hydrogen-bond donors (Lipinski definition) is 1.